The van der Waals surface area contributed by atoms with Gasteiger partial charge in [0, 0.05) is 17.4 Å². The first kappa shape index (κ1) is 19.5. The summed E-state index contributed by atoms with van der Waals surface area (Å²) in [6.45, 7) is 1.55. The van der Waals surface area contributed by atoms with E-state index in [1.54, 1.807) is 18.2 Å². The molecule has 2 aromatic carbocycles. The SMILES string of the molecule is CC(OC(=O)c1cccc(NS(C)(=O)=O)c1)C(=O)Nc1ccc2c(c1)OCO2. The van der Waals surface area contributed by atoms with E-state index in [0.29, 0.717) is 17.2 Å². The molecule has 3 rings (SSSR count). The van der Waals surface area contributed by atoms with Crippen LogP contribution in [-0.2, 0) is 19.6 Å². The van der Waals surface area contributed by atoms with E-state index in [-0.39, 0.29) is 18.0 Å². The number of nitrogens with one attached hydrogen (secondary N) is 2. The van der Waals surface area contributed by atoms with Crippen LogP contribution in [0, 0.1) is 0 Å². The minimum Gasteiger partial charge on any atom is -0.454 e. The number of amides is 1. The summed E-state index contributed by atoms with van der Waals surface area (Å²) in [7, 11) is -3.48. The number of esters is 1. The maximum absolute atomic E-state index is 12.3. The molecule has 2 N–H and O–H groups in total. The molecule has 1 atom stereocenters. The normalized spacial score (nSPS) is 13.5. The first-order valence-corrected chi connectivity index (χ1v) is 10.1. The monoisotopic (exact) mass is 406 g/mol. The van der Waals surface area contributed by atoms with Crippen molar-refractivity contribution in [2.75, 3.05) is 23.1 Å². The zero-order valence-corrected chi connectivity index (χ0v) is 15.9. The van der Waals surface area contributed by atoms with E-state index in [9.17, 15) is 18.0 Å². The first-order valence-electron chi connectivity index (χ1n) is 8.20. The van der Waals surface area contributed by atoms with Crippen LogP contribution in [0.5, 0.6) is 11.5 Å². The molecule has 9 nitrogen and oxygen atoms in total. The Balaban J connectivity index is 1.62. The van der Waals surface area contributed by atoms with Crippen molar-refractivity contribution in [1.29, 1.82) is 0 Å². The molecule has 0 aliphatic carbocycles. The molecule has 1 aliphatic rings. The predicted molar refractivity (Wildman–Crippen MR) is 101 cm³/mol. The van der Waals surface area contributed by atoms with Gasteiger partial charge in [-0.15, -0.1) is 0 Å². The van der Waals surface area contributed by atoms with Gasteiger partial charge in [0.1, 0.15) is 0 Å². The average Bonchev–Trinajstić information content (AvgIpc) is 3.08. The molecule has 0 saturated heterocycles. The van der Waals surface area contributed by atoms with Crippen LogP contribution < -0.4 is 19.5 Å². The Hall–Kier alpha value is -3.27. The number of hydrogen-bond acceptors (Lipinski definition) is 7. The lowest BCUT2D eigenvalue weighted by atomic mass is 10.2. The molecular formula is C18H18N2O7S. The summed E-state index contributed by atoms with van der Waals surface area (Å²) in [4.78, 5) is 24.5. The number of carbonyl (C=O) groups is 2. The van der Waals surface area contributed by atoms with Gasteiger partial charge in [-0.2, -0.15) is 0 Å². The number of ether oxygens (including phenoxy) is 3. The van der Waals surface area contributed by atoms with Crippen LogP contribution in [0.3, 0.4) is 0 Å². The van der Waals surface area contributed by atoms with Crippen molar-refractivity contribution in [1.82, 2.24) is 0 Å². The smallest absolute Gasteiger partial charge is 0.338 e. The molecule has 0 fully saturated rings. The summed E-state index contributed by atoms with van der Waals surface area (Å²) in [5, 5.41) is 2.63. The van der Waals surface area contributed by atoms with E-state index < -0.39 is 28.0 Å². The van der Waals surface area contributed by atoms with Gasteiger partial charge in [0.05, 0.1) is 11.8 Å². The molecule has 0 radical (unpaired) electrons. The third-order valence-corrected chi connectivity index (χ3v) is 4.30. The largest absolute Gasteiger partial charge is 0.454 e. The molecule has 148 valence electrons. The number of sulfonamides is 1. The summed E-state index contributed by atoms with van der Waals surface area (Å²) in [5.74, 6) is -0.194. The Kier molecular flexibility index (Phi) is 5.41. The molecule has 10 heteroatoms. The minimum atomic E-state index is -3.48. The molecule has 0 spiro atoms. The molecule has 28 heavy (non-hydrogen) atoms. The van der Waals surface area contributed by atoms with Gasteiger partial charge in [-0.1, -0.05) is 6.07 Å². The summed E-state index contributed by atoms with van der Waals surface area (Å²) in [6.07, 6.45) is -0.0787. The van der Waals surface area contributed by atoms with Gasteiger partial charge < -0.3 is 19.5 Å². The van der Waals surface area contributed by atoms with Gasteiger partial charge in [-0.3, -0.25) is 9.52 Å². The number of hydrogen-bond donors (Lipinski definition) is 2. The van der Waals surface area contributed by atoms with Crippen molar-refractivity contribution in [3.05, 3.63) is 48.0 Å². The lowest BCUT2D eigenvalue weighted by molar-refractivity contribution is -0.123. The van der Waals surface area contributed by atoms with Crippen molar-refractivity contribution < 1.29 is 32.2 Å². The summed E-state index contributed by atoms with van der Waals surface area (Å²) in [6, 6.07) is 10.7. The van der Waals surface area contributed by atoms with Gasteiger partial charge in [-0.25, -0.2) is 13.2 Å². The Labute approximate surface area is 161 Å². The molecule has 0 bridgehead atoms. The van der Waals surface area contributed by atoms with Crippen LogP contribution in [0.1, 0.15) is 17.3 Å². The third kappa shape index (κ3) is 4.92. The molecular weight excluding hydrogens is 388 g/mol. The fourth-order valence-corrected chi connectivity index (χ4v) is 2.98. The van der Waals surface area contributed by atoms with Gasteiger partial charge in [0.15, 0.2) is 17.6 Å². The molecule has 1 unspecified atom stereocenters. The molecule has 1 amide bonds. The van der Waals surface area contributed by atoms with E-state index in [2.05, 4.69) is 10.0 Å². The first-order chi connectivity index (χ1) is 13.2. The van der Waals surface area contributed by atoms with Crippen LogP contribution in [0.2, 0.25) is 0 Å². The highest BCUT2D eigenvalue weighted by molar-refractivity contribution is 7.92. The summed E-state index contributed by atoms with van der Waals surface area (Å²) >= 11 is 0. The topological polar surface area (TPSA) is 120 Å². The fourth-order valence-electron chi connectivity index (χ4n) is 2.42. The molecule has 1 heterocycles. The van der Waals surface area contributed by atoms with Gasteiger partial charge in [0.25, 0.3) is 5.91 Å². The van der Waals surface area contributed by atoms with Gasteiger partial charge in [-0.05, 0) is 37.3 Å². The van der Waals surface area contributed by atoms with E-state index in [1.165, 1.54) is 31.2 Å². The van der Waals surface area contributed by atoms with Crippen LogP contribution >= 0.6 is 0 Å². The Morgan fingerprint density at radius 2 is 1.82 bits per heavy atom. The standard InChI is InChI=1S/C18H18N2O7S/c1-11(17(21)19-13-6-7-15-16(9-13)26-10-25-15)27-18(22)12-4-3-5-14(8-12)20-28(2,23)24/h3-9,11,20H,10H2,1-2H3,(H,19,21). The van der Waals surface area contributed by atoms with Crippen LogP contribution in [0.15, 0.2) is 42.5 Å². The van der Waals surface area contributed by atoms with Gasteiger partial charge >= 0.3 is 5.97 Å². The second kappa shape index (κ2) is 7.77. The van der Waals surface area contributed by atoms with E-state index in [4.69, 9.17) is 14.2 Å². The minimum absolute atomic E-state index is 0.108. The second-order valence-corrected chi connectivity index (χ2v) is 7.81. The number of fused-ring (bicyclic) bond motifs is 1. The maximum Gasteiger partial charge on any atom is 0.338 e. The zero-order chi connectivity index (χ0) is 20.3. The predicted octanol–water partition coefficient (Wildman–Crippen LogP) is 1.97. The molecule has 0 saturated carbocycles. The van der Waals surface area contributed by atoms with E-state index >= 15 is 0 Å². The van der Waals surface area contributed by atoms with Crippen molar-refractivity contribution in [2.24, 2.45) is 0 Å². The third-order valence-electron chi connectivity index (χ3n) is 3.69. The van der Waals surface area contributed by atoms with Crippen molar-refractivity contribution in [3.8, 4) is 11.5 Å². The van der Waals surface area contributed by atoms with E-state index in [1.807, 2.05) is 0 Å². The Morgan fingerprint density at radius 3 is 2.57 bits per heavy atom. The highest BCUT2D eigenvalue weighted by Crippen LogP contribution is 2.34. The molecule has 2 aromatic rings. The maximum atomic E-state index is 12.3. The number of anilines is 2. The fraction of sp³-hybridized carbons (Fsp3) is 0.222. The van der Waals surface area contributed by atoms with Gasteiger partial charge in [0.2, 0.25) is 16.8 Å². The van der Waals surface area contributed by atoms with Crippen LogP contribution in [-0.4, -0.2) is 39.4 Å². The van der Waals surface area contributed by atoms with Crippen LogP contribution in [0.4, 0.5) is 11.4 Å². The number of rotatable bonds is 6. The average molecular weight is 406 g/mol. The van der Waals surface area contributed by atoms with E-state index in [0.717, 1.165) is 6.26 Å². The zero-order valence-electron chi connectivity index (χ0n) is 15.1. The Bertz CT molecular complexity index is 1020. The highest BCUT2D eigenvalue weighted by Gasteiger charge is 2.21. The lowest BCUT2D eigenvalue weighted by Gasteiger charge is -2.14. The number of benzene rings is 2. The summed E-state index contributed by atoms with van der Waals surface area (Å²) < 4.78 is 40.5. The summed E-state index contributed by atoms with van der Waals surface area (Å²) in [5.41, 5.74) is 0.794. The van der Waals surface area contributed by atoms with Crippen molar-refractivity contribution in [2.45, 2.75) is 13.0 Å². The number of carbonyl (C=O) groups excluding carboxylic acids is 2. The molecule has 1 aliphatic heterocycles. The van der Waals surface area contributed by atoms with Crippen LogP contribution in [0.25, 0.3) is 0 Å². The molecule has 0 aromatic heterocycles. The quantitative estimate of drug-likeness (QED) is 0.704. The lowest BCUT2D eigenvalue weighted by Crippen LogP contribution is -2.30. The van der Waals surface area contributed by atoms with Crippen molar-refractivity contribution in [3.63, 3.8) is 0 Å². The van der Waals surface area contributed by atoms with Crippen molar-refractivity contribution >= 4 is 33.3 Å². The Morgan fingerprint density at radius 1 is 1.07 bits per heavy atom. The highest BCUT2D eigenvalue weighted by atomic mass is 32.2. The second-order valence-electron chi connectivity index (χ2n) is 6.06.